The van der Waals surface area contributed by atoms with Gasteiger partial charge in [-0.1, -0.05) is 6.42 Å². The van der Waals surface area contributed by atoms with E-state index in [1.165, 1.54) is 64.5 Å². The van der Waals surface area contributed by atoms with Gasteiger partial charge in [0, 0.05) is 26.2 Å². The van der Waals surface area contributed by atoms with Crippen LogP contribution in [0.4, 0.5) is 28.7 Å². The first kappa shape index (κ1) is 42.6. The molecule has 6 heterocycles. The number of aliphatic hydroxyl groups is 1. The molecule has 2 saturated heterocycles. The topological polar surface area (TPSA) is 261 Å². The van der Waals surface area contributed by atoms with Crippen molar-refractivity contribution >= 4 is 71.1 Å². The van der Waals surface area contributed by atoms with Gasteiger partial charge < -0.3 is 35.3 Å². The van der Waals surface area contributed by atoms with Crippen LogP contribution in [-0.2, 0) is 20.0 Å². The van der Waals surface area contributed by atoms with Crippen molar-refractivity contribution in [2.24, 2.45) is 5.92 Å². The highest BCUT2D eigenvalue weighted by Crippen LogP contribution is 2.35. The number of likely N-dealkylation sites (tertiary alicyclic amines) is 1. The number of aromatic amines is 2. The molecule has 2 aromatic carbocycles. The number of hydrogen-bond donors (Lipinski definition) is 7. The van der Waals surface area contributed by atoms with Crippen LogP contribution in [0, 0.1) is 5.92 Å². The predicted molar refractivity (Wildman–Crippen MR) is 228 cm³/mol. The number of rotatable bonds is 15. The Bertz CT molecular complexity index is 2590. The largest absolute Gasteiger partial charge is 0.490 e. The lowest BCUT2D eigenvalue weighted by atomic mass is 9.93. The fourth-order valence-electron chi connectivity index (χ4n) is 7.28. The first-order valence-corrected chi connectivity index (χ1v) is 22.7. The van der Waals surface area contributed by atoms with Gasteiger partial charge in [-0.25, -0.2) is 56.2 Å². The van der Waals surface area contributed by atoms with Gasteiger partial charge in [0.1, 0.15) is 36.0 Å². The average molecular weight is 863 g/mol. The number of piperidine rings is 2. The molecule has 0 bridgehead atoms. The van der Waals surface area contributed by atoms with E-state index in [0.29, 0.717) is 63.6 Å². The van der Waals surface area contributed by atoms with Gasteiger partial charge in [0.15, 0.2) is 22.9 Å². The number of nitrogens with one attached hydrogen (secondary N) is 6. The Morgan fingerprint density at radius 1 is 0.733 bits per heavy atom. The van der Waals surface area contributed by atoms with Crippen LogP contribution in [0.25, 0.3) is 22.3 Å². The molecule has 7 N–H and O–H groups in total. The van der Waals surface area contributed by atoms with Crippen molar-refractivity contribution in [3.63, 3.8) is 0 Å². The molecule has 320 valence electrons. The smallest absolute Gasteiger partial charge is 0.240 e. The molecule has 2 aliphatic heterocycles. The fraction of sp³-hybridized carbons (Fsp3) is 0.421. The van der Waals surface area contributed by atoms with E-state index in [1.807, 2.05) is 6.07 Å². The highest BCUT2D eigenvalue weighted by Gasteiger charge is 2.24. The summed E-state index contributed by atoms with van der Waals surface area (Å²) in [4.78, 5) is 36.0. The minimum absolute atomic E-state index is 0.130. The lowest BCUT2D eigenvalue weighted by molar-refractivity contribution is 0.184. The van der Waals surface area contributed by atoms with Crippen LogP contribution >= 0.6 is 0 Å². The quantitative estimate of drug-likeness (QED) is 0.0780. The molecule has 0 aliphatic carbocycles. The van der Waals surface area contributed by atoms with Crippen molar-refractivity contribution in [1.29, 1.82) is 0 Å². The summed E-state index contributed by atoms with van der Waals surface area (Å²) in [6, 6.07) is 9.77. The summed E-state index contributed by atoms with van der Waals surface area (Å²) in [5.74, 6) is 2.07. The van der Waals surface area contributed by atoms with Crippen LogP contribution in [0.5, 0.6) is 5.75 Å². The lowest BCUT2D eigenvalue weighted by Crippen LogP contribution is -2.34. The molecule has 0 unspecified atom stereocenters. The van der Waals surface area contributed by atoms with Crippen LogP contribution in [0.3, 0.4) is 0 Å². The monoisotopic (exact) mass is 862 g/mol. The zero-order valence-electron chi connectivity index (χ0n) is 33.4. The minimum atomic E-state index is -3.61. The third-order valence-electron chi connectivity index (χ3n) is 10.6. The Balaban J connectivity index is 0.000000181. The molecule has 0 atom stereocenters. The summed E-state index contributed by atoms with van der Waals surface area (Å²) in [6.07, 6.45) is 12.4. The van der Waals surface area contributed by atoms with Crippen molar-refractivity contribution < 1.29 is 26.7 Å². The van der Waals surface area contributed by atoms with Crippen molar-refractivity contribution in [1.82, 2.24) is 54.2 Å². The van der Waals surface area contributed by atoms with E-state index in [9.17, 15) is 21.9 Å². The van der Waals surface area contributed by atoms with Crippen LogP contribution in [0.2, 0.25) is 0 Å². The molecule has 0 amide bonds. The molecule has 2 aliphatic rings. The van der Waals surface area contributed by atoms with E-state index in [0.717, 1.165) is 57.7 Å². The summed E-state index contributed by atoms with van der Waals surface area (Å²) in [7, 11) is -4.43. The minimum Gasteiger partial charge on any atom is -0.490 e. The number of aromatic nitrogens is 8. The van der Waals surface area contributed by atoms with Crippen LogP contribution in [0.1, 0.15) is 38.5 Å². The summed E-state index contributed by atoms with van der Waals surface area (Å²) < 4.78 is 60.0. The van der Waals surface area contributed by atoms with E-state index >= 15 is 0 Å². The number of aliphatic hydroxyl groups excluding tert-OH is 1. The highest BCUT2D eigenvalue weighted by molar-refractivity contribution is 7.89. The Labute approximate surface area is 348 Å². The standard InChI is InChI=1S/2C19H25N7O3S/c1-20-30(28,29)14-2-3-16(26-7-4-13(5-8-26)6-9-27)15(10-14)25-19-17-18(22-11-21-17)23-12-24-19;1-20-30(27,28)14-5-6-16(29-10-9-26-7-3-2-4-8-26)15(11-14)25-19-17-18(22-12-21-17)23-13-24-19/h2-3,10-13,20,27H,4-9H2,1H3,(H2,21,22,23,24,25);5-6,11-13,20H,2-4,7-10H2,1H3,(H2,21,22,23,24,25). The van der Waals surface area contributed by atoms with Gasteiger partial charge in [0.2, 0.25) is 20.0 Å². The van der Waals surface area contributed by atoms with Crippen molar-refractivity contribution in [3.8, 4) is 5.75 Å². The number of imidazole rings is 2. The summed E-state index contributed by atoms with van der Waals surface area (Å²) in [6.45, 7) is 5.40. The first-order valence-electron chi connectivity index (χ1n) is 19.8. The Kier molecular flexibility index (Phi) is 13.7. The Hall–Kier alpha value is -5.52. The third-order valence-corrected chi connectivity index (χ3v) is 13.5. The first-order chi connectivity index (χ1) is 29.1. The molecular formula is C38H50N14O6S2. The van der Waals surface area contributed by atoms with E-state index in [4.69, 9.17) is 4.74 Å². The van der Waals surface area contributed by atoms with Crippen LogP contribution < -0.4 is 29.7 Å². The maximum absolute atomic E-state index is 12.4. The van der Waals surface area contributed by atoms with Gasteiger partial charge in [-0.05, 0) is 102 Å². The van der Waals surface area contributed by atoms with E-state index in [2.05, 4.69) is 69.7 Å². The molecule has 2 fully saturated rings. The van der Waals surface area contributed by atoms with Gasteiger partial charge in [0.05, 0.1) is 39.5 Å². The predicted octanol–water partition coefficient (Wildman–Crippen LogP) is 3.47. The molecule has 22 heteroatoms. The third kappa shape index (κ3) is 10.1. The van der Waals surface area contributed by atoms with E-state index in [1.54, 1.807) is 24.5 Å². The molecule has 0 radical (unpaired) electrons. The molecule has 4 aromatic heterocycles. The van der Waals surface area contributed by atoms with Crippen LogP contribution in [0.15, 0.2) is 71.5 Å². The van der Waals surface area contributed by atoms with Gasteiger partial charge in [0.25, 0.3) is 0 Å². The SMILES string of the molecule is CNS(=O)(=O)c1ccc(N2CCC(CCO)CC2)c(Nc2ncnc3nc[nH]c23)c1.CNS(=O)(=O)c1ccc(OCCN2CCCCC2)c(Nc2ncnc3nc[nH]c23)c1. The maximum atomic E-state index is 12.4. The van der Waals surface area contributed by atoms with Crippen molar-refractivity contribution in [2.45, 2.75) is 48.3 Å². The number of hydrogen-bond acceptors (Lipinski definition) is 16. The number of H-pyrrole nitrogens is 2. The van der Waals surface area contributed by atoms with Crippen molar-refractivity contribution in [3.05, 3.63) is 61.7 Å². The molecule has 8 rings (SSSR count). The van der Waals surface area contributed by atoms with Gasteiger partial charge in [-0.3, -0.25) is 4.90 Å². The van der Waals surface area contributed by atoms with Crippen molar-refractivity contribution in [2.75, 3.05) is 75.6 Å². The second-order valence-corrected chi connectivity index (χ2v) is 18.1. The summed E-state index contributed by atoms with van der Waals surface area (Å²) in [5.41, 5.74) is 4.35. The van der Waals surface area contributed by atoms with E-state index in [-0.39, 0.29) is 16.4 Å². The molecule has 0 spiro atoms. The zero-order valence-corrected chi connectivity index (χ0v) is 35.1. The second kappa shape index (κ2) is 19.2. The maximum Gasteiger partial charge on any atom is 0.240 e. The van der Waals surface area contributed by atoms with Crippen LogP contribution in [-0.4, -0.2) is 127 Å². The molecular weight excluding hydrogens is 813 g/mol. The number of benzene rings is 2. The highest BCUT2D eigenvalue weighted by atomic mass is 32.2. The second-order valence-electron chi connectivity index (χ2n) is 14.3. The normalized spacial score (nSPS) is 15.5. The van der Waals surface area contributed by atoms with Gasteiger partial charge in [-0.2, -0.15) is 0 Å². The lowest BCUT2D eigenvalue weighted by Gasteiger charge is -2.34. The number of anilines is 5. The average Bonchev–Trinajstić information content (AvgIpc) is 3.97. The summed E-state index contributed by atoms with van der Waals surface area (Å²) in [5, 5.41) is 15.7. The molecule has 20 nitrogen and oxygen atoms in total. The van der Waals surface area contributed by atoms with Gasteiger partial charge in [-0.15, -0.1) is 0 Å². The molecule has 6 aromatic rings. The number of nitrogens with zero attached hydrogens (tertiary/aromatic N) is 8. The van der Waals surface area contributed by atoms with Gasteiger partial charge >= 0.3 is 0 Å². The zero-order chi connectivity index (χ0) is 42.1. The molecule has 0 saturated carbocycles. The Morgan fingerprint density at radius 2 is 1.30 bits per heavy atom. The number of sulfonamides is 2. The number of ether oxygens (including phenoxy) is 1. The molecule has 60 heavy (non-hydrogen) atoms. The summed E-state index contributed by atoms with van der Waals surface area (Å²) >= 11 is 0. The van der Waals surface area contributed by atoms with E-state index < -0.39 is 20.0 Å². The fourth-order valence-corrected chi connectivity index (χ4v) is 8.79. The Morgan fingerprint density at radius 3 is 1.88 bits per heavy atom. The number of fused-ring (bicyclic) bond motifs is 2.